The summed E-state index contributed by atoms with van der Waals surface area (Å²) in [6.45, 7) is 8.39. The number of pyridine rings is 1. The van der Waals surface area contributed by atoms with Gasteiger partial charge in [-0.2, -0.15) is 5.26 Å². The van der Waals surface area contributed by atoms with Gasteiger partial charge in [-0.05, 0) is 36.8 Å². The highest BCUT2D eigenvalue weighted by atomic mass is 16.5. The highest BCUT2D eigenvalue weighted by Gasteiger charge is 2.54. The van der Waals surface area contributed by atoms with Crippen LogP contribution in [0.1, 0.15) is 56.2 Å². The minimum absolute atomic E-state index is 0.0460. The standard InChI is InChI=1S/C27H29N3O4/c1-16-8-18(19-7-6-17(12-28)13-29-19)9-22(34-5)23(16)24-20(31)10-27(11-21(24)32)14-30(15-27)25(33)26(2,3)4/h6-9,13,24H,10-11,14-15H2,1-5H3. The molecule has 1 aliphatic carbocycles. The number of likely N-dealkylation sites (tertiary alicyclic amines) is 1. The molecule has 0 atom stereocenters. The van der Waals surface area contributed by atoms with Gasteiger partial charge in [-0.3, -0.25) is 19.4 Å². The molecule has 1 aromatic carbocycles. The summed E-state index contributed by atoms with van der Waals surface area (Å²) in [6, 6.07) is 9.18. The molecule has 7 nitrogen and oxygen atoms in total. The quantitative estimate of drug-likeness (QED) is 0.647. The van der Waals surface area contributed by atoms with E-state index in [9.17, 15) is 14.4 Å². The van der Waals surface area contributed by atoms with Gasteiger partial charge >= 0.3 is 0 Å². The van der Waals surface area contributed by atoms with Crippen LogP contribution in [0, 0.1) is 29.1 Å². The van der Waals surface area contributed by atoms with Crippen LogP contribution in [0.5, 0.6) is 5.75 Å². The lowest BCUT2D eigenvalue weighted by molar-refractivity contribution is -0.160. The summed E-state index contributed by atoms with van der Waals surface area (Å²) >= 11 is 0. The third-order valence-corrected chi connectivity index (χ3v) is 6.77. The van der Waals surface area contributed by atoms with Crippen molar-refractivity contribution in [3.8, 4) is 23.1 Å². The molecule has 0 N–H and O–H groups in total. The summed E-state index contributed by atoms with van der Waals surface area (Å²) in [6.07, 6.45) is 2.06. The molecular formula is C27H29N3O4. The molecule has 1 spiro atoms. The Morgan fingerprint density at radius 3 is 2.32 bits per heavy atom. The second-order valence-electron chi connectivity index (χ2n) is 10.6. The van der Waals surface area contributed by atoms with E-state index in [2.05, 4.69) is 4.98 Å². The molecule has 0 radical (unpaired) electrons. The normalized spacial score (nSPS) is 17.9. The number of aromatic nitrogens is 1. The molecule has 7 heteroatoms. The van der Waals surface area contributed by atoms with Gasteiger partial charge in [-0.15, -0.1) is 0 Å². The molecule has 2 heterocycles. The number of methoxy groups -OCH3 is 1. The Kier molecular flexibility index (Phi) is 5.80. The Morgan fingerprint density at radius 1 is 1.18 bits per heavy atom. The fraction of sp³-hybridized carbons (Fsp3) is 0.444. The SMILES string of the molecule is COc1cc(-c2ccc(C#N)cn2)cc(C)c1C1C(=O)CC2(CC1=O)CN(C(=O)C(C)(C)C)C2. The van der Waals surface area contributed by atoms with E-state index in [0.29, 0.717) is 35.7 Å². The van der Waals surface area contributed by atoms with Crippen LogP contribution in [-0.2, 0) is 14.4 Å². The Bertz CT molecular complexity index is 1190. The molecule has 34 heavy (non-hydrogen) atoms. The van der Waals surface area contributed by atoms with Gasteiger partial charge in [0.2, 0.25) is 5.91 Å². The summed E-state index contributed by atoms with van der Waals surface area (Å²) < 4.78 is 5.62. The molecule has 176 valence electrons. The van der Waals surface area contributed by atoms with Crippen molar-refractivity contribution in [2.24, 2.45) is 10.8 Å². The average molecular weight is 460 g/mol. The lowest BCUT2D eigenvalue weighted by atomic mass is 9.63. The lowest BCUT2D eigenvalue weighted by Gasteiger charge is -2.53. The number of carbonyl (C=O) groups is 3. The first-order chi connectivity index (χ1) is 16.0. The first-order valence-corrected chi connectivity index (χ1v) is 11.4. The van der Waals surface area contributed by atoms with Gasteiger partial charge in [0.25, 0.3) is 0 Å². The van der Waals surface area contributed by atoms with Crippen molar-refractivity contribution in [2.75, 3.05) is 20.2 Å². The zero-order chi connectivity index (χ0) is 24.8. The molecule has 1 saturated heterocycles. The van der Waals surface area contributed by atoms with Gasteiger partial charge in [0, 0.05) is 54.1 Å². The van der Waals surface area contributed by atoms with Crippen molar-refractivity contribution in [3.63, 3.8) is 0 Å². The van der Waals surface area contributed by atoms with Crippen molar-refractivity contribution in [1.82, 2.24) is 9.88 Å². The third kappa shape index (κ3) is 4.09. The number of benzene rings is 1. The Balaban J connectivity index is 1.59. The van der Waals surface area contributed by atoms with Crippen LogP contribution < -0.4 is 4.74 Å². The van der Waals surface area contributed by atoms with Gasteiger partial charge in [0.1, 0.15) is 29.3 Å². The maximum absolute atomic E-state index is 13.3. The summed E-state index contributed by atoms with van der Waals surface area (Å²) in [5, 5.41) is 9.00. The van der Waals surface area contributed by atoms with Crippen LogP contribution in [0.3, 0.4) is 0 Å². The van der Waals surface area contributed by atoms with Crippen LogP contribution >= 0.6 is 0 Å². The van der Waals surface area contributed by atoms with Crippen molar-refractivity contribution in [3.05, 3.63) is 47.2 Å². The largest absolute Gasteiger partial charge is 0.496 e. The van der Waals surface area contributed by atoms with Gasteiger partial charge in [0.15, 0.2) is 0 Å². The van der Waals surface area contributed by atoms with E-state index in [4.69, 9.17) is 10.00 Å². The number of ether oxygens (including phenoxy) is 1. The molecule has 0 unspecified atom stereocenters. The molecule has 4 rings (SSSR count). The van der Waals surface area contributed by atoms with Crippen molar-refractivity contribution in [1.29, 1.82) is 5.26 Å². The van der Waals surface area contributed by atoms with E-state index < -0.39 is 16.7 Å². The van der Waals surface area contributed by atoms with Crippen LogP contribution in [0.25, 0.3) is 11.3 Å². The number of carbonyl (C=O) groups excluding carboxylic acids is 3. The number of nitriles is 1. The van der Waals surface area contributed by atoms with Crippen molar-refractivity contribution >= 4 is 17.5 Å². The third-order valence-electron chi connectivity index (χ3n) is 6.77. The molecule has 2 fully saturated rings. The number of rotatable bonds is 3. The van der Waals surface area contributed by atoms with Crippen molar-refractivity contribution < 1.29 is 19.1 Å². The van der Waals surface area contributed by atoms with E-state index in [1.807, 2.05) is 39.8 Å². The maximum Gasteiger partial charge on any atom is 0.227 e. The lowest BCUT2D eigenvalue weighted by Crippen LogP contribution is -2.63. The number of nitrogens with zero attached hydrogens (tertiary/aromatic N) is 3. The number of hydrogen-bond donors (Lipinski definition) is 0. The molecule has 0 bridgehead atoms. The average Bonchev–Trinajstić information content (AvgIpc) is 2.76. The number of aryl methyl sites for hydroxylation is 1. The highest BCUT2D eigenvalue weighted by molar-refractivity contribution is 6.11. The molecular weight excluding hydrogens is 430 g/mol. The second-order valence-corrected chi connectivity index (χ2v) is 10.6. The summed E-state index contributed by atoms with van der Waals surface area (Å²) in [5.41, 5.74) is 2.38. The van der Waals surface area contributed by atoms with E-state index in [1.165, 1.54) is 13.3 Å². The van der Waals surface area contributed by atoms with E-state index in [-0.39, 0.29) is 30.3 Å². The van der Waals surface area contributed by atoms with E-state index >= 15 is 0 Å². The van der Waals surface area contributed by atoms with Crippen LogP contribution in [-0.4, -0.2) is 47.6 Å². The van der Waals surface area contributed by atoms with Gasteiger partial charge < -0.3 is 9.64 Å². The predicted octanol–water partition coefficient (Wildman–Crippen LogP) is 3.83. The smallest absolute Gasteiger partial charge is 0.227 e. The summed E-state index contributed by atoms with van der Waals surface area (Å²) in [5.74, 6) is -0.586. The van der Waals surface area contributed by atoms with E-state index in [1.54, 1.807) is 23.1 Å². The first-order valence-electron chi connectivity index (χ1n) is 11.4. The molecule has 2 aromatic rings. The summed E-state index contributed by atoms with van der Waals surface area (Å²) in [7, 11) is 1.52. The Hall–Kier alpha value is -3.53. The number of ketones is 2. The van der Waals surface area contributed by atoms with E-state index in [0.717, 1.165) is 11.1 Å². The van der Waals surface area contributed by atoms with Crippen LogP contribution in [0.2, 0.25) is 0 Å². The first kappa shape index (κ1) is 23.6. The van der Waals surface area contributed by atoms with Gasteiger partial charge in [0.05, 0.1) is 18.4 Å². The fourth-order valence-corrected chi connectivity index (χ4v) is 5.20. The second kappa shape index (κ2) is 8.35. The minimum Gasteiger partial charge on any atom is -0.496 e. The number of hydrogen-bond acceptors (Lipinski definition) is 6. The molecule has 1 saturated carbocycles. The molecule has 1 aromatic heterocycles. The molecule has 2 aliphatic rings. The number of amides is 1. The van der Waals surface area contributed by atoms with Gasteiger partial charge in [-0.25, -0.2) is 0 Å². The van der Waals surface area contributed by atoms with Crippen LogP contribution in [0.15, 0.2) is 30.5 Å². The Morgan fingerprint density at radius 2 is 1.82 bits per heavy atom. The Labute approximate surface area is 199 Å². The van der Waals surface area contributed by atoms with Gasteiger partial charge in [-0.1, -0.05) is 20.8 Å². The predicted molar refractivity (Wildman–Crippen MR) is 126 cm³/mol. The minimum atomic E-state index is -0.865. The van der Waals surface area contributed by atoms with Crippen LogP contribution in [0.4, 0.5) is 0 Å². The topological polar surface area (TPSA) is 100 Å². The van der Waals surface area contributed by atoms with Crippen molar-refractivity contribution in [2.45, 2.75) is 46.5 Å². The monoisotopic (exact) mass is 459 g/mol. The fourth-order valence-electron chi connectivity index (χ4n) is 5.20. The maximum atomic E-state index is 13.3. The summed E-state index contributed by atoms with van der Waals surface area (Å²) in [4.78, 5) is 45.3. The number of Topliss-reactive ketones (excluding diaryl/α,β-unsaturated/α-hetero) is 2. The zero-order valence-electron chi connectivity index (χ0n) is 20.3. The molecule has 1 aliphatic heterocycles. The zero-order valence-corrected chi connectivity index (χ0v) is 20.3. The highest BCUT2D eigenvalue weighted by Crippen LogP contribution is 2.48. The molecule has 1 amide bonds.